The van der Waals surface area contributed by atoms with Gasteiger partial charge in [-0.25, -0.2) is 0 Å². The molecule has 0 aliphatic carbocycles. The van der Waals surface area contributed by atoms with Crippen LogP contribution in [0.2, 0.25) is 5.02 Å². The molecule has 0 radical (unpaired) electrons. The van der Waals surface area contributed by atoms with Crippen LogP contribution in [0.5, 0.6) is 0 Å². The van der Waals surface area contributed by atoms with Gasteiger partial charge in [-0.3, -0.25) is 4.79 Å². The van der Waals surface area contributed by atoms with Gasteiger partial charge in [0.25, 0.3) is 0 Å². The lowest BCUT2D eigenvalue weighted by molar-refractivity contribution is 0.100. The van der Waals surface area contributed by atoms with E-state index in [2.05, 4.69) is 19.2 Å². The number of rotatable bonds is 4. The van der Waals surface area contributed by atoms with Crippen LogP contribution in [0.1, 0.15) is 30.6 Å². The van der Waals surface area contributed by atoms with E-state index in [0.29, 0.717) is 16.6 Å². The van der Waals surface area contributed by atoms with E-state index in [1.54, 1.807) is 12.1 Å². The lowest BCUT2D eigenvalue weighted by atomic mass is 10.1. The topological polar surface area (TPSA) is 55.1 Å². The summed E-state index contributed by atoms with van der Waals surface area (Å²) in [7, 11) is 0. The van der Waals surface area contributed by atoms with Crippen LogP contribution in [-0.4, -0.2) is 11.9 Å². The monoisotopic (exact) mass is 226 g/mol. The second-order valence-corrected chi connectivity index (χ2v) is 3.92. The Kier molecular flexibility index (Phi) is 3.97. The van der Waals surface area contributed by atoms with Crippen molar-refractivity contribution < 1.29 is 4.79 Å². The van der Waals surface area contributed by atoms with Crippen molar-refractivity contribution in [1.82, 2.24) is 0 Å². The Bertz CT molecular complexity index is 366. The van der Waals surface area contributed by atoms with Crippen LogP contribution in [0.15, 0.2) is 18.2 Å². The van der Waals surface area contributed by atoms with Crippen molar-refractivity contribution in [3.05, 3.63) is 28.8 Å². The molecule has 1 unspecified atom stereocenters. The van der Waals surface area contributed by atoms with Crippen molar-refractivity contribution in [1.29, 1.82) is 0 Å². The zero-order chi connectivity index (χ0) is 11.4. The van der Waals surface area contributed by atoms with Gasteiger partial charge in [-0.1, -0.05) is 18.5 Å². The summed E-state index contributed by atoms with van der Waals surface area (Å²) in [5, 5.41) is 3.63. The maximum atomic E-state index is 11.0. The molecule has 3 nitrogen and oxygen atoms in total. The Morgan fingerprint density at radius 3 is 2.80 bits per heavy atom. The Balaban J connectivity index is 2.92. The average molecular weight is 227 g/mol. The third kappa shape index (κ3) is 3.13. The van der Waals surface area contributed by atoms with Crippen molar-refractivity contribution in [3.63, 3.8) is 0 Å². The summed E-state index contributed by atoms with van der Waals surface area (Å²) in [6.45, 7) is 4.15. The SMILES string of the molecule is CCC(C)Nc1ccc(Cl)c(C(N)=O)c1. The highest BCUT2D eigenvalue weighted by Crippen LogP contribution is 2.20. The summed E-state index contributed by atoms with van der Waals surface area (Å²) in [6, 6.07) is 5.54. The van der Waals surface area contributed by atoms with Crippen LogP contribution >= 0.6 is 11.6 Å². The van der Waals surface area contributed by atoms with Gasteiger partial charge in [0.1, 0.15) is 0 Å². The molecule has 1 amide bonds. The molecule has 0 aromatic heterocycles. The molecule has 0 saturated carbocycles. The first kappa shape index (κ1) is 11.9. The first-order valence-corrected chi connectivity index (χ1v) is 5.28. The lowest BCUT2D eigenvalue weighted by Crippen LogP contribution is -2.15. The highest BCUT2D eigenvalue weighted by molar-refractivity contribution is 6.33. The molecule has 0 heterocycles. The number of nitrogens with one attached hydrogen (secondary N) is 1. The number of benzene rings is 1. The largest absolute Gasteiger partial charge is 0.383 e. The minimum atomic E-state index is -0.507. The number of primary amides is 1. The van der Waals surface area contributed by atoms with Crippen molar-refractivity contribution in [2.24, 2.45) is 5.73 Å². The van der Waals surface area contributed by atoms with E-state index in [1.807, 2.05) is 6.07 Å². The van der Waals surface area contributed by atoms with E-state index in [4.69, 9.17) is 17.3 Å². The molecule has 0 fully saturated rings. The molecule has 1 aromatic rings. The number of anilines is 1. The normalized spacial score (nSPS) is 12.2. The molecule has 0 saturated heterocycles. The number of carbonyl (C=O) groups is 1. The van der Waals surface area contributed by atoms with E-state index in [-0.39, 0.29) is 0 Å². The summed E-state index contributed by atoms with van der Waals surface area (Å²) in [6.07, 6.45) is 1.01. The van der Waals surface area contributed by atoms with Crippen LogP contribution in [0.3, 0.4) is 0 Å². The molecule has 1 rings (SSSR count). The predicted molar refractivity (Wildman–Crippen MR) is 63.3 cm³/mol. The number of amides is 1. The van der Waals surface area contributed by atoms with Crippen molar-refractivity contribution in [2.75, 3.05) is 5.32 Å². The summed E-state index contributed by atoms with van der Waals surface area (Å²) in [5.74, 6) is -0.507. The molecule has 3 N–H and O–H groups in total. The number of carbonyl (C=O) groups excluding carboxylic acids is 1. The van der Waals surface area contributed by atoms with E-state index in [1.165, 1.54) is 0 Å². The smallest absolute Gasteiger partial charge is 0.250 e. The molecule has 82 valence electrons. The molecule has 1 aromatic carbocycles. The Labute approximate surface area is 94.6 Å². The molecular weight excluding hydrogens is 212 g/mol. The predicted octanol–water partition coefficient (Wildman–Crippen LogP) is 2.65. The fourth-order valence-corrected chi connectivity index (χ4v) is 1.40. The molecule has 0 aliphatic rings. The van der Waals surface area contributed by atoms with Crippen LogP contribution in [0.4, 0.5) is 5.69 Å². The fourth-order valence-electron chi connectivity index (χ4n) is 1.19. The van der Waals surface area contributed by atoms with Crippen LogP contribution in [0, 0.1) is 0 Å². The number of halogens is 1. The molecule has 1 atom stereocenters. The first-order valence-electron chi connectivity index (χ1n) is 4.90. The van der Waals surface area contributed by atoms with Gasteiger partial charge in [0.15, 0.2) is 0 Å². The van der Waals surface area contributed by atoms with Gasteiger partial charge < -0.3 is 11.1 Å². The van der Waals surface area contributed by atoms with Gasteiger partial charge in [-0.15, -0.1) is 0 Å². The van der Waals surface area contributed by atoms with E-state index < -0.39 is 5.91 Å². The zero-order valence-electron chi connectivity index (χ0n) is 8.88. The van der Waals surface area contributed by atoms with E-state index in [0.717, 1.165) is 12.1 Å². The average Bonchev–Trinajstić information content (AvgIpc) is 2.20. The highest BCUT2D eigenvalue weighted by Gasteiger charge is 2.08. The molecule has 4 heteroatoms. The third-order valence-electron chi connectivity index (χ3n) is 2.26. The molecular formula is C11H15ClN2O. The van der Waals surface area contributed by atoms with Gasteiger partial charge in [0, 0.05) is 11.7 Å². The summed E-state index contributed by atoms with van der Waals surface area (Å²) in [4.78, 5) is 11.0. The fraction of sp³-hybridized carbons (Fsp3) is 0.364. The van der Waals surface area contributed by atoms with Crippen molar-refractivity contribution in [2.45, 2.75) is 26.3 Å². The molecule has 0 aliphatic heterocycles. The Morgan fingerprint density at radius 1 is 1.60 bits per heavy atom. The van der Waals surface area contributed by atoms with E-state index in [9.17, 15) is 4.79 Å². The number of hydrogen-bond acceptors (Lipinski definition) is 2. The van der Waals surface area contributed by atoms with Crippen molar-refractivity contribution >= 4 is 23.2 Å². The Hall–Kier alpha value is -1.22. The second-order valence-electron chi connectivity index (χ2n) is 3.51. The van der Waals surface area contributed by atoms with Crippen LogP contribution in [-0.2, 0) is 0 Å². The third-order valence-corrected chi connectivity index (χ3v) is 2.59. The standard InChI is InChI=1S/C11H15ClN2O/c1-3-7(2)14-8-4-5-10(12)9(6-8)11(13)15/h4-7,14H,3H2,1-2H3,(H2,13,15). The highest BCUT2D eigenvalue weighted by atomic mass is 35.5. The van der Waals surface area contributed by atoms with Gasteiger partial charge in [-0.2, -0.15) is 0 Å². The molecule has 0 bridgehead atoms. The summed E-state index contributed by atoms with van der Waals surface area (Å²) >= 11 is 5.83. The van der Waals surface area contributed by atoms with Crippen LogP contribution in [0.25, 0.3) is 0 Å². The minimum absolute atomic E-state index is 0.352. The minimum Gasteiger partial charge on any atom is -0.383 e. The number of nitrogens with two attached hydrogens (primary N) is 1. The van der Waals surface area contributed by atoms with Gasteiger partial charge in [0.2, 0.25) is 5.91 Å². The summed E-state index contributed by atoms with van der Waals surface area (Å²) in [5.41, 5.74) is 6.41. The number of hydrogen-bond donors (Lipinski definition) is 2. The van der Waals surface area contributed by atoms with Gasteiger partial charge >= 0.3 is 0 Å². The maximum Gasteiger partial charge on any atom is 0.250 e. The molecule has 0 spiro atoms. The van der Waals surface area contributed by atoms with Crippen LogP contribution < -0.4 is 11.1 Å². The Morgan fingerprint density at radius 2 is 2.27 bits per heavy atom. The zero-order valence-corrected chi connectivity index (χ0v) is 9.64. The first-order chi connectivity index (χ1) is 7.04. The lowest BCUT2D eigenvalue weighted by Gasteiger charge is -2.13. The second kappa shape index (κ2) is 5.03. The van der Waals surface area contributed by atoms with E-state index >= 15 is 0 Å². The maximum absolute atomic E-state index is 11.0. The van der Waals surface area contributed by atoms with Crippen molar-refractivity contribution in [3.8, 4) is 0 Å². The van der Waals surface area contributed by atoms with Gasteiger partial charge in [-0.05, 0) is 31.5 Å². The summed E-state index contributed by atoms with van der Waals surface area (Å²) < 4.78 is 0. The quantitative estimate of drug-likeness (QED) is 0.829. The van der Waals surface area contributed by atoms with Gasteiger partial charge in [0.05, 0.1) is 10.6 Å². The molecule has 15 heavy (non-hydrogen) atoms.